The average Bonchev–Trinajstić information content (AvgIpc) is 2.40. The van der Waals surface area contributed by atoms with Gasteiger partial charge in [0.05, 0.1) is 17.4 Å². The molecule has 1 aromatic rings. The second kappa shape index (κ2) is 5.57. The first-order chi connectivity index (χ1) is 11.2. The molecule has 0 saturated heterocycles. The van der Waals surface area contributed by atoms with Crippen molar-refractivity contribution in [1.29, 1.82) is 0 Å². The first-order valence-corrected chi connectivity index (χ1v) is 7.37. The highest BCUT2D eigenvalue weighted by molar-refractivity contribution is 5.90. The Labute approximate surface area is 134 Å². The second-order valence-electron chi connectivity index (χ2n) is 5.96. The molecule has 1 amide bonds. The molecule has 0 spiro atoms. The van der Waals surface area contributed by atoms with E-state index in [4.69, 9.17) is 5.11 Å². The van der Waals surface area contributed by atoms with Crippen LogP contribution in [0.1, 0.15) is 30.8 Å². The molecule has 2 aliphatic carbocycles. The van der Waals surface area contributed by atoms with Gasteiger partial charge in [-0.1, -0.05) is 12.2 Å². The number of amides is 1. The van der Waals surface area contributed by atoms with Crippen LogP contribution in [0.3, 0.4) is 0 Å². The first kappa shape index (κ1) is 16.4. The summed E-state index contributed by atoms with van der Waals surface area (Å²) < 4.78 is 38.5. The predicted octanol–water partition coefficient (Wildman–Crippen LogP) is 1.88. The molecule has 0 unspecified atom stereocenters. The van der Waals surface area contributed by atoms with Crippen LogP contribution in [-0.2, 0) is 21.3 Å². The lowest BCUT2D eigenvalue weighted by atomic mass is 9.74. The number of alkyl halides is 3. The maximum absolute atomic E-state index is 12.8. The van der Waals surface area contributed by atoms with E-state index in [1.165, 1.54) is 12.2 Å². The number of aliphatic carboxylic acids is 1. The summed E-state index contributed by atoms with van der Waals surface area (Å²) in [6.07, 6.45) is 0.817. The predicted molar refractivity (Wildman–Crippen MR) is 74.5 cm³/mol. The highest BCUT2D eigenvalue weighted by atomic mass is 19.4. The van der Waals surface area contributed by atoms with Crippen LogP contribution >= 0.6 is 0 Å². The molecule has 0 aromatic carbocycles. The van der Waals surface area contributed by atoms with Gasteiger partial charge in [0, 0.05) is 6.20 Å². The molecule has 1 heterocycles. The third-order valence-electron chi connectivity index (χ3n) is 4.44. The van der Waals surface area contributed by atoms with Crippen LogP contribution < -0.4 is 5.32 Å². The summed E-state index contributed by atoms with van der Waals surface area (Å²) in [4.78, 5) is 30.8. The average molecular weight is 341 g/mol. The Bertz CT molecular complexity index is 713. The van der Waals surface area contributed by atoms with Gasteiger partial charge in [-0.2, -0.15) is 13.2 Å². The fourth-order valence-electron chi connectivity index (χ4n) is 2.82. The Balaban J connectivity index is 1.82. The minimum Gasteiger partial charge on any atom is -0.481 e. The lowest BCUT2D eigenvalue weighted by Gasteiger charge is -2.42. The van der Waals surface area contributed by atoms with Gasteiger partial charge in [-0.3, -0.25) is 9.59 Å². The summed E-state index contributed by atoms with van der Waals surface area (Å²) >= 11 is 0. The number of hydrogen-bond donors (Lipinski definition) is 2. The van der Waals surface area contributed by atoms with Crippen molar-refractivity contribution in [2.45, 2.75) is 31.0 Å². The van der Waals surface area contributed by atoms with Gasteiger partial charge in [0.25, 0.3) is 0 Å². The topological polar surface area (TPSA) is 92.2 Å². The van der Waals surface area contributed by atoms with Crippen molar-refractivity contribution in [3.8, 4) is 0 Å². The van der Waals surface area contributed by atoms with E-state index in [1.807, 2.05) is 0 Å². The van der Waals surface area contributed by atoms with Gasteiger partial charge >= 0.3 is 12.1 Å². The zero-order chi connectivity index (χ0) is 17.5. The molecule has 0 aliphatic heterocycles. The van der Waals surface area contributed by atoms with E-state index >= 15 is 0 Å². The van der Waals surface area contributed by atoms with Crippen molar-refractivity contribution in [2.75, 3.05) is 0 Å². The van der Waals surface area contributed by atoms with Crippen LogP contribution in [-0.4, -0.2) is 27.0 Å². The van der Waals surface area contributed by atoms with Crippen LogP contribution in [0, 0.1) is 11.8 Å². The van der Waals surface area contributed by atoms with Crippen molar-refractivity contribution in [3.63, 3.8) is 0 Å². The Hall–Kier alpha value is -2.45. The minimum atomic E-state index is -4.60. The molecule has 1 fully saturated rings. The zero-order valence-corrected chi connectivity index (χ0v) is 12.4. The highest BCUT2D eigenvalue weighted by Gasteiger charge is 2.47. The molecule has 128 valence electrons. The van der Waals surface area contributed by atoms with Crippen molar-refractivity contribution >= 4 is 11.9 Å². The van der Waals surface area contributed by atoms with E-state index in [-0.39, 0.29) is 5.82 Å². The van der Waals surface area contributed by atoms with Crippen molar-refractivity contribution in [3.05, 3.63) is 35.9 Å². The molecule has 9 heteroatoms. The quantitative estimate of drug-likeness (QED) is 0.816. The standard InChI is InChI=1S/C15H14F3N3O3/c16-15(17,18)10-4-7-19-13(20-10)14(5-1-6-14)21-11(22)8-2-3-9(8)12(23)24/h2-4,7-9H,1,5-6H2,(H,21,22)(H,23,24)/t8-,9+/m0/s1. The zero-order valence-electron chi connectivity index (χ0n) is 12.4. The Morgan fingerprint density at radius 1 is 1.25 bits per heavy atom. The van der Waals surface area contributed by atoms with Gasteiger partial charge in [0.2, 0.25) is 5.91 Å². The molecular weight excluding hydrogens is 327 g/mol. The molecule has 24 heavy (non-hydrogen) atoms. The van der Waals surface area contributed by atoms with Crippen LogP contribution in [0.4, 0.5) is 13.2 Å². The molecule has 6 nitrogen and oxygen atoms in total. The van der Waals surface area contributed by atoms with E-state index in [0.717, 1.165) is 12.3 Å². The number of rotatable bonds is 4. The van der Waals surface area contributed by atoms with Crippen molar-refractivity contribution in [2.24, 2.45) is 11.8 Å². The van der Waals surface area contributed by atoms with Crippen LogP contribution in [0.15, 0.2) is 24.4 Å². The third-order valence-corrected chi connectivity index (χ3v) is 4.44. The van der Waals surface area contributed by atoms with E-state index in [0.29, 0.717) is 19.3 Å². The van der Waals surface area contributed by atoms with Gasteiger partial charge in [-0.25, -0.2) is 9.97 Å². The molecule has 0 radical (unpaired) electrons. The summed E-state index contributed by atoms with van der Waals surface area (Å²) in [7, 11) is 0. The fourth-order valence-corrected chi connectivity index (χ4v) is 2.82. The number of carbonyl (C=O) groups is 2. The fraction of sp³-hybridized carbons (Fsp3) is 0.467. The van der Waals surface area contributed by atoms with E-state index in [2.05, 4.69) is 15.3 Å². The molecule has 2 atom stereocenters. The SMILES string of the molecule is O=C(NC1(c2nccc(C(F)(F)F)n2)CCC1)[C@H]1C=C[C@H]1C(=O)O. The van der Waals surface area contributed by atoms with Gasteiger partial charge < -0.3 is 10.4 Å². The Morgan fingerprint density at radius 3 is 2.38 bits per heavy atom. The number of aromatic nitrogens is 2. The molecule has 0 bridgehead atoms. The molecule has 1 aromatic heterocycles. The van der Waals surface area contributed by atoms with Gasteiger partial charge in [-0.05, 0) is 25.3 Å². The summed E-state index contributed by atoms with van der Waals surface area (Å²) in [5, 5.41) is 11.6. The van der Waals surface area contributed by atoms with Gasteiger partial charge in [0.1, 0.15) is 5.69 Å². The lowest BCUT2D eigenvalue weighted by molar-refractivity contribution is -0.146. The lowest BCUT2D eigenvalue weighted by Crippen LogP contribution is -2.55. The Morgan fingerprint density at radius 2 is 1.92 bits per heavy atom. The monoisotopic (exact) mass is 341 g/mol. The maximum atomic E-state index is 12.8. The molecule has 3 rings (SSSR count). The number of nitrogens with zero attached hydrogens (tertiary/aromatic N) is 2. The van der Waals surface area contributed by atoms with Crippen molar-refractivity contribution < 1.29 is 27.9 Å². The maximum Gasteiger partial charge on any atom is 0.433 e. The highest BCUT2D eigenvalue weighted by Crippen LogP contribution is 2.41. The Kier molecular flexibility index (Phi) is 3.81. The van der Waals surface area contributed by atoms with E-state index < -0.39 is 41.1 Å². The number of carboxylic acids is 1. The van der Waals surface area contributed by atoms with Crippen molar-refractivity contribution in [1.82, 2.24) is 15.3 Å². The van der Waals surface area contributed by atoms with Gasteiger partial charge in [-0.15, -0.1) is 0 Å². The van der Waals surface area contributed by atoms with E-state index in [1.54, 1.807) is 0 Å². The number of nitrogens with one attached hydrogen (secondary N) is 1. The third kappa shape index (κ3) is 2.74. The normalized spacial score (nSPS) is 24.6. The number of hydrogen-bond acceptors (Lipinski definition) is 4. The molecular formula is C15H14F3N3O3. The number of carbonyl (C=O) groups excluding carboxylic acids is 1. The molecule has 2 N–H and O–H groups in total. The first-order valence-electron chi connectivity index (χ1n) is 7.37. The smallest absolute Gasteiger partial charge is 0.433 e. The molecule has 2 aliphatic rings. The van der Waals surface area contributed by atoms with Crippen LogP contribution in [0.2, 0.25) is 0 Å². The largest absolute Gasteiger partial charge is 0.481 e. The minimum absolute atomic E-state index is 0.0906. The summed E-state index contributed by atoms with van der Waals surface area (Å²) in [5.41, 5.74) is -2.13. The number of halogens is 3. The summed E-state index contributed by atoms with van der Waals surface area (Å²) in [6, 6.07) is 0.771. The van der Waals surface area contributed by atoms with E-state index in [9.17, 15) is 22.8 Å². The van der Waals surface area contributed by atoms with Crippen LogP contribution in [0.5, 0.6) is 0 Å². The summed E-state index contributed by atoms with van der Waals surface area (Å²) in [6.45, 7) is 0. The number of carboxylic acid groups (broad SMARTS) is 1. The van der Waals surface area contributed by atoms with Crippen LogP contribution in [0.25, 0.3) is 0 Å². The molecule has 1 saturated carbocycles. The summed E-state index contributed by atoms with van der Waals surface area (Å²) in [5.74, 6) is -3.48. The second-order valence-corrected chi connectivity index (χ2v) is 5.96. The van der Waals surface area contributed by atoms with Gasteiger partial charge in [0.15, 0.2) is 5.82 Å².